The molecule has 0 aromatic heterocycles. The summed E-state index contributed by atoms with van der Waals surface area (Å²) in [4.78, 5) is -0.0366. The molecule has 0 saturated heterocycles. The molecule has 3 nitrogen and oxygen atoms in total. The summed E-state index contributed by atoms with van der Waals surface area (Å²) in [7, 11) is -4.52. The molecule has 43 heavy (non-hydrogen) atoms. The topological polar surface area (TPSA) is 57.2 Å². The molecule has 0 N–H and O–H groups in total. The van der Waals surface area contributed by atoms with Crippen molar-refractivity contribution < 1.29 is 42.5 Å². The van der Waals surface area contributed by atoms with E-state index in [0.29, 0.717) is 5.39 Å². The van der Waals surface area contributed by atoms with Crippen molar-refractivity contribution in [2.75, 3.05) is 0 Å². The fourth-order valence-corrected chi connectivity index (χ4v) is 7.23. The second-order valence-electron chi connectivity index (χ2n) is 12.8. The van der Waals surface area contributed by atoms with Crippen molar-refractivity contribution in [3.63, 3.8) is 0 Å². The molecule has 0 heterocycles. The third-order valence-electron chi connectivity index (χ3n) is 9.06. The molecule has 0 bridgehead atoms. The van der Waals surface area contributed by atoms with E-state index in [1.165, 1.54) is 146 Å². The van der Waals surface area contributed by atoms with Crippen LogP contribution in [0.25, 0.3) is 10.8 Å². The van der Waals surface area contributed by atoms with Crippen molar-refractivity contribution in [3.05, 3.63) is 41.5 Å². The van der Waals surface area contributed by atoms with Crippen LogP contribution in [0.1, 0.15) is 179 Å². The Hall–Kier alpha value is -0.390. The van der Waals surface area contributed by atoms with Gasteiger partial charge in [-0.15, -0.1) is 0 Å². The summed E-state index contributed by atoms with van der Waals surface area (Å²) in [6.07, 6.45) is 33.4. The Labute approximate surface area is 288 Å². The van der Waals surface area contributed by atoms with Crippen molar-refractivity contribution >= 4 is 20.9 Å². The Morgan fingerprint density at radius 3 is 1.33 bits per heavy atom. The maximum absolute atomic E-state index is 12.2. The van der Waals surface area contributed by atoms with Crippen LogP contribution in [0.15, 0.2) is 35.2 Å². The van der Waals surface area contributed by atoms with Gasteiger partial charge in [-0.05, 0) is 48.3 Å². The predicted molar refractivity (Wildman–Crippen MR) is 181 cm³/mol. The molecule has 2 rings (SSSR count). The molecule has 0 amide bonds. The average molecular weight is 623 g/mol. The molecule has 0 atom stereocenters. The first-order chi connectivity index (χ1) is 20.5. The van der Waals surface area contributed by atoms with Gasteiger partial charge >= 0.3 is 29.6 Å². The molecular weight excluding hydrogens is 559 g/mol. The molecule has 0 spiro atoms. The molecule has 2 aromatic rings. The van der Waals surface area contributed by atoms with Gasteiger partial charge in [-0.3, -0.25) is 0 Å². The molecule has 0 aliphatic carbocycles. The van der Waals surface area contributed by atoms with Crippen LogP contribution in [0.3, 0.4) is 0 Å². The third-order valence-corrected chi connectivity index (χ3v) is 9.94. The number of aryl methyl sites for hydroxylation is 2. The summed E-state index contributed by atoms with van der Waals surface area (Å²) in [5.41, 5.74) is 2.35. The molecule has 0 unspecified atom stereocenters. The molecule has 2 aromatic carbocycles. The van der Waals surface area contributed by atoms with Crippen molar-refractivity contribution in [1.82, 2.24) is 0 Å². The van der Waals surface area contributed by atoms with E-state index in [1.807, 2.05) is 12.1 Å². The fraction of sp³-hybridized carbons (Fsp3) is 0.737. The minimum atomic E-state index is -4.52. The Morgan fingerprint density at radius 1 is 0.512 bits per heavy atom. The largest absolute Gasteiger partial charge is 1.00 e. The Kier molecular flexibility index (Phi) is 24.3. The Morgan fingerprint density at radius 2 is 0.907 bits per heavy atom. The first-order valence-corrected chi connectivity index (χ1v) is 19.4. The standard InChI is InChI=1S/C38H64O3S.Na/c1-3-5-7-9-11-13-15-17-19-21-23-25-28-34-32-33-35-29-27-31-37(42(39,40)41)38(35)36(34)30-26-24-22-20-18-16-14-12-10-8-6-4-2;/h27,29,31-33H,3-26,28,30H2,1-2H3,(H,39,40,41);/q;+1/p-1. The zero-order chi connectivity index (χ0) is 30.3. The van der Waals surface area contributed by atoms with Gasteiger partial charge in [0.25, 0.3) is 0 Å². The molecular formula is C38H63NaO3S. The first kappa shape index (κ1) is 40.6. The van der Waals surface area contributed by atoms with Gasteiger partial charge in [-0.2, -0.15) is 0 Å². The number of benzene rings is 2. The summed E-state index contributed by atoms with van der Waals surface area (Å²) < 4.78 is 36.6. The van der Waals surface area contributed by atoms with Crippen LogP contribution in [0.2, 0.25) is 0 Å². The van der Waals surface area contributed by atoms with Crippen LogP contribution in [-0.4, -0.2) is 13.0 Å². The van der Waals surface area contributed by atoms with Crippen LogP contribution >= 0.6 is 0 Å². The molecule has 0 saturated carbocycles. The van der Waals surface area contributed by atoms with E-state index in [0.717, 1.165) is 43.1 Å². The van der Waals surface area contributed by atoms with Crippen LogP contribution in [-0.2, 0) is 23.0 Å². The molecule has 0 fully saturated rings. The minimum absolute atomic E-state index is 0. The van der Waals surface area contributed by atoms with Gasteiger partial charge in [0.1, 0.15) is 10.1 Å². The van der Waals surface area contributed by atoms with E-state index in [1.54, 1.807) is 6.07 Å². The van der Waals surface area contributed by atoms with Gasteiger partial charge in [-0.25, -0.2) is 8.42 Å². The zero-order valence-electron chi connectivity index (χ0n) is 28.4. The number of hydrogen-bond acceptors (Lipinski definition) is 3. The summed E-state index contributed by atoms with van der Waals surface area (Å²) in [6, 6.07) is 9.36. The number of rotatable bonds is 27. The fourth-order valence-electron chi connectivity index (χ4n) is 6.49. The van der Waals surface area contributed by atoms with Crippen LogP contribution in [0.5, 0.6) is 0 Å². The summed E-state index contributed by atoms with van der Waals surface area (Å²) in [5, 5.41) is 1.56. The van der Waals surface area contributed by atoms with Crippen LogP contribution in [0, 0.1) is 0 Å². The molecule has 5 heteroatoms. The van der Waals surface area contributed by atoms with Crippen molar-refractivity contribution in [3.8, 4) is 0 Å². The number of fused-ring (bicyclic) bond motifs is 1. The van der Waals surface area contributed by atoms with Crippen LogP contribution < -0.4 is 29.6 Å². The average Bonchev–Trinajstić information content (AvgIpc) is 2.98. The molecule has 240 valence electrons. The zero-order valence-corrected chi connectivity index (χ0v) is 31.2. The van der Waals surface area contributed by atoms with Crippen molar-refractivity contribution in [2.45, 2.75) is 186 Å². The smallest absolute Gasteiger partial charge is 0.744 e. The maximum atomic E-state index is 12.2. The maximum Gasteiger partial charge on any atom is 1.00 e. The normalized spacial score (nSPS) is 11.7. The van der Waals surface area contributed by atoms with Gasteiger partial charge in [-0.1, -0.05) is 179 Å². The van der Waals surface area contributed by atoms with Gasteiger partial charge in [0.05, 0.1) is 4.90 Å². The van der Waals surface area contributed by atoms with Crippen LogP contribution in [0.4, 0.5) is 0 Å². The van der Waals surface area contributed by atoms with Gasteiger partial charge in [0.2, 0.25) is 0 Å². The van der Waals surface area contributed by atoms with E-state index < -0.39 is 10.1 Å². The quantitative estimate of drug-likeness (QED) is 0.0567. The SMILES string of the molecule is CCCCCCCCCCCCCCc1ccc2cccc(S(=O)(=O)[O-])c2c1CCCCCCCCCCCCCC.[Na+]. The van der Waals surface area contributed by atoms with E-state index in [-0.39, 0.29) is 34.5 Å². The first-order valence-electron chi connectivity index (χ1n) is 18.0. The summed E-state index contributed by atoms with van der Waals surface area (Å²) in [5.74, 6) is 0. The van der Waals surface area contributed by atoms with Gasteiger partial charge in [0, 0.05) is 5.39 Å². The Bertz CT molecular complexity index is 1070. The van der Waals surface area contributed by atoms with Crippen molar-refractivity contribution in [1.29, 1.82) is 0 Å². The molecule has 0 aliphatic heterocycles. The van der Waals surface area contributed by atoms with Gasteiger partial charge in [0.15, 0.2) is 0 Å². The predicted octanol–water partition coefficient (Wildman–Crippen LogP) is 9.24. The number of hydrogen-bond donors (Lipinski definition) is 0. The second kappa shape index (κ2) is 25.8. The van der Waals surface area contributed by atoms with Crippen molar-refractivity contribution in [2.24, 2.45) is 0 Å². The summed E-state index contributed by atoms with van der Waals surface area (Å²) in [6.45, 7) is 4.54. The van der Waals surface area contributed by atoms with Gasteiger partial charge < -0.3 is 4.55 Å². The molecule has 0 radical (unpaired) electrons. The second-order valence-corrected chi connectivity index (χ2v) is 14.1. The molecule has 0 aliphatic rings. The van der Waals surface area contributed by atoms with E-state index in [4.69, 9.17) is 0 Å². The number of unbranched alkanes of at least 4 members (excludes halogenated alkanes) is 22. The minimum Gasteiger partial charge on any atom is -0.744 e. The monoisotopic (exact) mass is 622 g/mol. The Balaban J connectivity index is 0.00000924. The summed E-state index contributed by atoms with van der Waals surface area (Å²) >= 11 is 0. The van der Waals surface area contributed by atoms with E-state index in [9.17, 15) is 13.0 Å². The van der Waals surface area contributed by atoms with E-state index in [2.05, 4.69) is 19.9 Å². The van der Waals surface area contributed by atoms with E-state index >= 15 is 0 Å². The third kappa shape index (κ3) is 17.8.